The number of rotatable bonds is 13. The normalized spacial score (nSPS) is 22.3. The van der Waals surface area contributed by atoms with Gasteiger partial charge in [0.1, 0.15) is 6.61 Å². The van der Waals surface area contributed by atoms with Crippen LogP contribution in [0.1, 0.15) is 13.8 Å². The van der Waals surface area contributed by atoms with Crippen molar-refractivity contribution in [1.82, 2.24) is 14.5 Å². The average molecular weight is 495 g/mol. The molecule has 0 spiro atoms. The lowest BCUT2D eigenvalue weighted by Gasteiger charge is -2.36. The van der Waals surface area contributed by atoms with Crippen molar-refractivity contribution in [2.24, 2.45) is 0 Å². The van der Waals surface area contributed by atoms with Crippen molar-refractivity contribution in [3.05, 3.63) is 0 Å². The highest BCUT2D eigenvalue weighted by atomic mass is 31.1. The number of aliphatic hydroxyl groups excluding tert-OH is 1. The summed E-state index contributed by atoms with van der Waals surface area (Å²) in [6.45, 7) is 7.96. The number of ether oxygens (including phenoxy) is 5. The third-order valence-electron chi connectivity index (χ3n) is 5.17. The van der Waals surface area contributed by atoms with Crippen LogP contribution >= 0.6 is 7.95 Å². The average Bonchev–Trinajstić information content (AvgIpc) is 2.80. The maximum atomic E-state index is 12.6. The molecule has 0 saturated carbocycles. The van der Waals surface area contributed by atoms with E-state index in [1.54, 1.807) is 14.5 Å². The molecule has 2 heterocycles. The summed E-state index contributed by atoms with van der Waals surface area (Å²) >= 11 is 0. The Balaban J connectivity index is 1.55. The Morgan fingerprint density at radius 2 is 1.64 bits per heavy atom. The Hall–Kier alpha value is -1.40. The number of amides is 2. The first-order chi connectivity index (χ1) is 15.9. The first-order valence-electron chi connectivity index (χ1n) is 11.3. The molecule has 13 heteroatoms. The smallest absolute Gasteiger partial charge is 0.447 e. The topological polar surface area (TPSA) is 127 Å². The van der Waals surface area contributed by atoms with E-state index in [1.165, 1.54) is 6.92 Å². The molecule has 12 nitrogen and oxygen atoms in total. The molecule has 1 unspecified atom stereocenters. The van der Waals surface area contributed by atoms with Crippen LogP contribution < -0.4 is 0 Å². The summed E-state index contributed by atoms with van der Waals surface area (Å²) in [5.41, 5.74) is 0. The van der Waals surface area contributed by atoms with Gasteiger partial charge in [-0.25, -0.2) is 4.79 Å². The first kappa shape index (κ1) is 27.8. The van der Waals surface area contributed by atoms with Gasteiger partial charge in [0.25, 0.3) is 6.35 Å². The van der Waals surface area contributed by atoms with E-state index >= 15 is 0 Å². The number of hydrogen-bond acceptors (Lipinski definition) is 9. The minimum atomic E-state index is -1.72. The first-order valence-corrected chi connectivity index (χ1v) is 12.7. The van der Waals surface area contributed by atoms with Crippen LogP contribution in [0.4, 0.5) is 4.79 Å². The van der Waals surface area contributed by atoms with Crippen LogP contribution in [-0.2, 0) is 33.0 Å². The van der Waals surface area contributed by atoms with Crippen molar-refractivity contribution >= 4 is 20.0 Å². The molecular formula is C20H37N3O9P+. The Bertz CT molecular complexity index is 620. The summed E-state index contributed by atoms with van der Waals surface area (Å²) in [5.74, 6) is 0.00833. The van der Waals surface area contributed by atoms with Gasteiger partial charge < -0.3 is 38.6 Å². The van der Waals surface area contributed by atoms with E-state index in [2.05, 4.69) is 0 Å². The molecule has 190 valence electrons. The molecule has 0 aliphatic carbocycles. The van der Waals surface area contributed by atoms with Gasteiger partial charge in [-0.05, 0) is 11.5 Å². The molecule has 0 aromatic rings. The minimum Gasteiger partial charge on any atom is -0.447 e. The maximum Gasteiger partial charge on any atom is 0.463 e. The third kappa shape index (κ3) is 10.6. The Morgan fingerprint density at radius 1 is 0.970 bits per heavy atom. The van der Waals surface area contributed by atoms with E-state index in [0.29, 0.717) is 52.5 Å². The van der Waals surface area contributed by atoms with Gasteiger partial charge in [0.15, 0.2) is 0 Å². The van der Waals surface area contributed by atoms with Crippen molar-refractivity contribution in [2.45, 2.75) is 26.1 Å². The van der Waals surface area contributed by atoms with Crippen molar-refractivity contribution in [1.29, 1.82) is 0 Å². The van der Waals surface area contributed by atoms with E-state index in [1.807, 2.05) is 6.92 Å². The SMILES string of the molecule is CC(=O)N1C[C@@H](COC[P+](=O)N2CCN(C(=O)OCCOCCOCCO)CC2)O[C@@H](C)C1. The zero-order valence-electron chi connectivity index (χ0n) is 19.6. The number of aliphatic hydroxyl groups is 1. The molecule has 0 bridgehead atoms. The molecule has 0 radical (unpaired) electrons. The second-order valence-electron chi connectivity index (χ2n) is 7.85. The summed E-state index contributed by atoms with van der Waals surface area (Å²) < 4.78 is 41.3. The zero-order chi connectivity index (χ0) is 24.1. The molecule has 3 atom stereocenters. The summed E-state index contributed by atoms with van der Waals surface area (Å²) in [6, 6.07) is 0. The highest BCUT2D eigenvalue weighted by Gasteiger charge is 2.34. The summed E-state index contributed by atoms with van der Waals surface area (Å²) in [5, 5.41) is 8.59. The molecule has 2 saturated heterocycles. The Labute approximate surface area is 195 Å². The fraction of sp³-hybridized carbons (Fsp3) is 0.900. The van der Waals surface area contributed by atoms with Crippen LogP contribution in [0.5, 0.6) is 0 Å². The molecule has 2 aliphatic rings. The number of carbonyl (C=O) groups is 2. The third-order valence-corrected chi connectivity index (χ3v) is 6.60. The monoisotopic (exact) mass is 494 g/mol. The van der Waals surface area contributed by atoms with Gasteiger partial charge in [-0.15, -0.1) is 0 Å². The number of morpholine rings is 1. The van der Waals surface area contributed by atoms with Gasteiger partial charge in [0, 0.05) is 33.1 Å². The van der Waals surface area contributed by atoms with Crippen LogP contribution in [0.3, 0.4) is 0 Å². The van der Waals surface area contributed by atoms with E-state index < -0.39 is 14.0 Å². The predicted octanol–water partition coefficient (Wildman–Crippen LogP) is 0.118. The van der Waals surface area contributed by atoms with Crippen molar-refractivity contribution in [2.75, 3.05) is 91.9 Å². The predicted molar refractivity (Wildman–Crippen MR) is 118 cm³/mol. The van der Waals surface area contributed by atoms with Gasteiger partial charge in [-0.1, -0.05) is 4.67 Å². The lowest BCUT2D eigenvalue weighted by Crippen LogP contribution is -2.50. The molecule has 33 heavy (non-hydrogen) atoms. The van der Waals surface area contributed by atoms with Gasteiger partial charge in [0.05, 0.1) is 64.9 Å². The Morgan fingerprint density at radius 3 is 2.30 bits per heavy atom. The van der Waals surface area contributed by atoms with Gasteiger partial charge >= 0.3 is 14.0 Å². The van der Waals surface area contributed by atoms with Crippen molar-refractivity contribution < 1.29 is 42.9 Å². The maximum absolute atomic E-state index is 12.6. The highest BCUT2D eigenvalue weighted by Crippen LogP contribution is 2.28. The molecular weight excluding hydrogens is 457 g/mol. The Kier molecular flexibility index (Phi) is 13.1. The van der Waals surface area contributed by atoms with E-state index in [9.17, 15) is 14.2 Å². The fourth-order valence-corrected chi connectivity index (χ4v) is 4.56. The number of hydrogen-bond donors (Lipinski definition) is 1. The fourth-order valence-electron chi connectivity index (χ4n) is 3.51. The van der Waals surface area contributed by atoms with Crippen LogP contribution in [-0.4, -0.2) is 136 Å². The summed E-state index contributed by atoms with van der Waals surface area (Å²) in [6.07, 6.45) is -0.632. The van der Waals surface area contributed by atoms with Gasteiger partial charge in [-0.3, -0.25) is 4.79 Å². The second kappa shape index (κ2) is 15.5. The van der Waals surface area contributed by atoms with Crippen LogP contribution in [0, 0.1) is 0 Å². The molecule has 1 N–H and O–H groups in total. The van der Waals surface area contributed by atoms with E-state index in [0.717, 1.165) is 0 Å². The number of carbonyl (C=O) groups excluding carboxylic acids is 2. The van der Waals surface area contributed by atoms with Gasteiger partial charge in [0.2, 0.25) is 5.91 Å². The van der Waals surface area contributed by atoms with Crippen LogP contribution in [0.25, 0.3) is 0 Å². The molecule has 0 aromatic carbocycles. The molecule has 2 amide bonds. The molecule has 2 rings (SSSR count). The highest BCUT2D eigenvalue weighted by molar-refractivity contribution is 7.41. The zero-order valence-corrected chi connectivity index (χ0v) is 20.5. The number of nitrogens with zero attached hydrogens (tertiary/aromatic N) is 3. The van der Waals surface area contributed by atoms with Crippen molar-refractivity contribution in [3.63, 3.8) is 0 Å². The standard InChI is InChI=1S/C20H37N3O9P/c1-17-13-22(18(2)25)14-19(32-17)15-30-16-33(27)23-5-3-21(4-6-23)20(26)31-12-11-29-10-9-28-8-7-24/h17,19,24H,3-16H2,1-2H3/q+1/t17-,19-/m0/s1. The molecule has 2 aliphatic heterocycles. The second-order valence-corrected chi connectivity index (χ2v) is 9.38. The quantitative estimate of drug-likeness (QED) is 0.279. The van der Waals surface area contributed by atoms with Crippen LogP contribution in [0.2, 0.25) is 0 Å². The molecule has 2 fully saturated rings. The largest absolute Gasteiger partial charge is 0.463 e. The lowest BCUT2D eigenvalue weighted by molar-refractivity contribution is -0.146. The van der Waals surface area contributed by atoms with E-state index in [4.69, 9.17) is 28.8 Å². The van der Waals surface area contributed by atoms with E-state index in [-0.39, 0.29) is 57.5 Å². The van der Waals surface area contributed by atoms with Gasteiger partial charge in [-0.2, -0.15) is 0 Å². The summed E-state index contributed by atoms with van der Waals surface area (Å²) in [7, 11) is -1.72. The summed E-state index contributed by atoms with van der Waals surface area (Å²) in [4.78, 5) is 27.1. The van der Waals surface area contributed by atoms with Crippen LogP contribution in [0.15, 0.2) is 0 Å². The van der Waals surface area contributed by atoms with Crippen molar-refractivity contribution in [3.8, 4) is 0 Å². The number of piperazine rings is 1. The molecule has 0 aromatic heterocycles. The minimum absolute atomic E-state index is 0.00833. The lowest BCUT2D eigenvalue weighted by atomic mass is 10.2.